The van der Waals surface area contributed by atoms with Gasteiger partial charge in [0.05, 0.1) is 0 Å². The first kappa shape index (κ1) is 11.7. The smallest absolute Gasteiger partial charge is 0.139 e. The van der Waals surface area contributed by atoms with Crippen molar-refractivity contribution in [3.05, 3.63) is 0 Å². The van der Waals surface area contributed by atoms with Gasteiger partial charge in [0.2, 0.25) is 0 Å². The highest BCUT2D eigenvalue weighted by Gasteiger charge is 2.57. The van der Waals surface area contributed by atoms with E-state index in [9.17, 15) is 4.79 Å². The zero-order valence-electron chi connectivity index (χ0n) is 10.7. The van der Waals surface area contributed by atoms with Gasteiger partial charge in [-0.3, -0.25) is 4.79 Å². The zero-order chi connectivity index (χ0) is 11.4. The first-order chi connectivity index (χ1) is 6.05. The second-order valence-corrected chi connectivity index (χ2v) is 6.50. The van der Waals surface area contributed by atoms with E-state index < -0.39 is 0 Å². The van der Waals surface area contributed by atoms with Crippen LogP contribution in [-0.2, 0) is 4.79 Å². The molecule has 0 aliphatic heterocycles. The summed E-state index contributed by atoms with van der Waals surface area (Å²) >= 11 is 0. The highest BCUT2D eigenvalue weighted by Crippen LogP contribution is 2.59. The lowest BCUT2D eigenvalue weighted by Gasteiger charge is -2.58. The highest BCUT2D eigenvalue weighted by molar-refractivity contribution is 5.86. The van der Waals surface area contributed by atoms with Crippen LogP contribution in [0.15, 0.2) is 0 Å². The van der Waals surface area contributed by atoms with Gasteiger partial charge in [-0.25, -0.2) is 0 Å². The molecule has 1 heteroatoms. The lowest BCUT2D eigenvalue weighted by atomic mass is 9.45. The van der Waals surface area contributed by atoms with Gasteiger partial charge >= 0.3 is 0 Å². The Bertz CT molecular complexity index is 258. The van der Waals surface area contributed by atoms with Gasteiger partial charge in [-0.2, -0.15) is 0 Å². The Balaban J connectivity index is 3.24. The van der Waals surface area contributed by atoms with Crippen LogP contribution in [0.1, 0.15) is 54.9 Å². The average Bonchev–Trinajstić information content (AvgIpc) is 2.01. The molecule has 1 nitrogen and oxygen atoms in total. The molecule has 0 N–H and O–H groups in total. The molecule has 14 heavy (non-hydrogen) atoms. The van der Waals surface area contributed by atoms with E-state index in [2.05, 4.69) is 48.5 Å². The first-order valence-electron chi connectivity index (χ1n) is 5.58. The van der Waals surface area contributed by atoms with E-state index >= 15 is 0 Å². The van der Waals surface area contributed by atoms with Crippen LogP contribution in [0.4, 0.5) is 0 Å². The summed E-state index contributed by atoms with van der Waals surface area (Å²) in [6.45, 7) is 15.5. The minimum absolute atomic E-state index is 0.0642. The molecule has 0 bridgehead atoms. The molecule has 1 saturated carbocycles. The Kier molecular flexibility index (Phi) is 2.38. The van der Waals surface area contributed by atoms with Gasteiger partial charge in [-0.1, -0.05) is 48.5 Å². The number of carbonyl (C=O) groups excluding carboxylic acids is 1. The lowest BCUT2D eigenvalue weighted by molar-refractivity contribution is -0.156. The molecule has 1 atom stereocenters. The average molecular weight is 196 g/mol. The second kappa shape index (κ2) is 2.84. The van der Waals surface area contributed by atoms with Crippen molar-refractivity contribution in [3.8, 4) is 0 Å². The third kappa shape index (κ3) is 1.17. The molecule has 0 aromatic heterocycles. The zero-order valence-corrected chi connectivity index (χ0v) is 10.7. The van der Waals surface area contributed by atoms with Crippen LogP contribution in [0.2, 0.25) is 0 Å². The van der Waals surface area contributed by atoms with Gasteiger partial charge in [0.25, 0.3) is 0 Å². The fourth-order valence-corrected chi connectivity index (χ4v) is 2.56. The lowest BCUT2D eigenvalue weighted by Crippen LogP contribution is -2.56. The van der Waals surface area contributed by atoms with Crippen molar-refractivity contribution in [2.75, 3.05) is 0 Å². The van der Waals surface area contributed by atoms with E-state index in [0.717, 1.165) is 6.42 Å². The summed E-state index contributed by atoms with van der Waals surface area (Å²) < 4.78 is 0. The molecule has 82 valence electrons. The molecule has 0 aromatic carbocycles. The number of rotatable bonds is 0. The fourth-order valence-electron chi connectivity index (χ4n) is 2.56. The van der Waals surface area contributed by atoms with Crippen molar-refractivity contribution in [1.82, 2.24) is 0 Å². The van der Waals surface area contributed by atoms with E-state index in [-0.39, 0.29) is 16.2 Å². The van der Waals surface area contributed by atoms with E-state index in [1.165, 1.54) is 0 Å². The number of hydrogen-bond acceptors (Lipinski definition) is 1. The summed E-state index contributed by atoms with van der Waals surface area (Å²) in [5.41, 5.74) is 0.0994. The van der Waals surface area contributed by atoms with Crippen LogP contribution in [-0.4, -0.2) is 5.78 Å². The van der Waals surface area contributed by atoms with E-state index in [1.807, 2.05) is 0 Å². The van der Waals surface area contributed by atoms with E-state index in [1.54, 1.807) is 0 Å². The molecule has 0 radical (unpaired) electrons. The Morgan fingerprint density at radius 1 is 1.07 bits per heavy atom. The van der Waals surface area contributed by atoms with Crippen LogP contribution in [0, 0.1) is 22.2 Å². The molecule has 1 aliphatic carbocycles. The molecule has 0 spiro atoms. The third-order valence-electron chi connectivity index (χ3n) is 5.59. The van der Waals surface area contributed by atoms with Crippen LogP contribution in [0.3, 0.4) is 0 Å². The van der Waals surface area contributed by atoms with Gasteiger partial charge in [0, 0.05) is 11.8 Å². The first-order valence-corrected chi connectivity index (χ1v) is 5.58. The standard InChI is InChI=1S/C13H24O/c1-9-8-10(14)12(4,5)13(6,7)11(9,2)3/h9H,8H2,1-7H3. The molecule has 0 aromatic rings. The second-order valence-electron chi connectivity index (χ2n) is 6.50. The summed E-state index contributed by atoms with van der Waals surface area (Å²) in [6, 6.07) is 0. The quantitative estimate of drug-likeness (QED) is 0.577. The van der Waals surface area contributed by atoms with Crippen LogP contribution in [0.5, 0.6) is 0 Å². The molecule has 1 rings (SSSR count). The van der Waals surface area contributed by atoms with Crippen molar-refractivity contribution in [3.63, 3.8) is 0 Å². The van der Waals surface area contributed by atoms with Crippen LogP contribution >= 0.6 is 0 Å². The summed E-state index contributed by atoms with van der Waals surface area (Å²) in [5.74, 6) is 0.910. The number of hydrogen-bond donors (Lipinski definition) is 0. The van der Waals surface area contributed by atoms with Crippen LogP contribution in [0.25, 0.3) is 0 Å². The topological polar surface area (TPSA) is 17.1 Å². The minimum Gasteiger partial charge on any atom is -0.299 e. The predicted octanol–water partition coefficient (Wildman–Crippen LogP) is 3.67. The monoisotopic (exact) mass is 196 g/mol. The SMILES string of the molecule is CC1CC(=O)C(C)(C)C(C)(C)C1(C)C. The Morgan fingerprint density at radius 3 is 1.93 bits per heavy atom. The van der Waals surface area contributed by atoms with Gasteiger partial charge in [0.1, 0.15) is 5.78 Å². The maximum Gasteiger partial charge on any atom is 0.139 e. The molecular weight excluding hydrogens is 172 g/mol. The van der Waals surface area contributed by atoms with Crippen molar-refractivity contribution in [1.29, 1.82) is 0 Å². The largest absolute Gasteiger partial charge is 0.299 e. The Labute approximate surface area is 88.3 Å². The van der Waals surface area contributed by atoms with Crippen molar-refractivity contribution in [2.24, 2.45) is 22.2 Å². The predicted molar refractivity (Wildman–Crippen MR) is 60.1 cm³/mol. The fraction of sp³-hybridized carbons (Fsp3) is 0.923. The summed E-state index contributed by atoms with van der Waals surface area (Å²) in [6.07, 6.45) is 0.740. The number of ketones is 1. The molecule has 1 fully saturated rings. The summed E-state index contributed by atoms with van der Waals surface area (Å²) in [7, 11) is 0. The molecule has 0 saturated heterocycles. The van der Waals surface area contributed by atoms with Crippen LogP contribution < -0.4 is 0 Å². The van der Waals surface area contributed by atoms with Crippen molar-refractivity contribution < 1.29 is 4.79 Å². The summed E-state index contributed by atoms with van der Waals surface area (Å²) in [5, 5.41) is 0. The van der Waals surface area contributed by atoms with E-state index in [0.29, 0.717) is 11.7 Å². The molecule has 0 amide bonds. The maximum absolute atomic E-state index is 12.0. The maximum atomic E-state index is 12.0. The minimum atomic E-state index is -0.191. The Morgan fingerprint density at radius 2 is 1.50 bits per heavy atom. The summed E-state index contributed by atoms with van der Waals surface area (Å²) in [4.78, 5) is 12.0. The van der Waals surface area contributed by atoms with Gasteiger partial charge in [0.15, 0.2) is 0 Å². The van der Waals surface area contributed by atoms with E-state index in [4.69, 9.17) is 0 Å². The van der Waals surface area contributed by atoms with Crippen molar-refractivity contribution in [2.45, 2.75) is 54.9 Å². The molecular formula is C13H24O. The number of carbonyl (C=O) groups is 1. The molecule has 0 heterocycles. The van der Waals surface area contributed by atoms with Gasteiger partial charge < -0.3 is 0 Å². The van der Waals surface area contributed by atoms with Crippen molar-refractivity contribution >= 4 is 5.78 Å². The number of Topliss-reactive ketones (excluding diaryl/α,β-unsaturated/α-hetero) is 1. The normalized spacial score (nSPS) is 34.2. The molecule has 1 aliphatic rings. The molecule has 1 unspecified atom stereocenters. The van der Waals surface area contributed by atoms with Gasteiger partial charge in [-0.05, 0) is 16.7 Å². The van der Waals surface area contributed by atoms with Gasteiger partial charge in [-0.15, -0.1) is 0 Å². The third-order valence-corrected chi connectivity index (χ3v) is 5.59. The Hall–Kier alpha value is -0.330. The highest BCUT2D eigenvalue weighted by atomic mass is 16.1.